The van der Waals surface area contributed by atoms with Gasteiger partial charge in [-0.05, 0) is 63.2 Å². The molecule has 10 nitrogen and oxygen atoms in total. The van der Waals surface area contributed by atoms with E-state index in [2.05, 4.69) is 0 Å². The lowest BCUT2D eigenvalue weighted by molar-refractivity contribution is -0.776. The maximum Gasteiger partial charge on any atom is 0.294 e. The van der Waals surface area contributed by atoms with Gasteiger partial charge in [0.25, 0.3) is 10.2 Å². The lowest BCUT2D eigenvalue weighted by atomic mass is 9.75. The molecule has 0 saturated carbocycles. The van der Waals surface area contributed by atoms with Gasteiger partial charge in [-0.2, -0.15) is 0 Å². The van der Waals surface area contributed by atoms with Gasteiger partial charge in [0.05, 0.1) is 0 Å². The zero-order chi connectivity index (χ0) is 21.6. The lowest BCUT2D eigenvalue weighted by Gasteiger charge is -2.37. The van der Waals surface area contributed by atoms with Crippen molar-refractivity contribution in [2.24, 2.45) is 11.8 Å². The third-order valence-corrected chi connectivity index (χ3v) is 6.15. The van der Waals surface area contributed by atoms with Crippen LogP contribution >= 0.6 is 0 Å². The standard InChI is InChI=1S/C20H36N2O8/c23-21(24)29-19-11-3-1-5-13-27-15-7-10-18-17(19)9-8-16-28-14-6-2-4-12-20(18)30-22(25)26/h17-20H,1-16H2. The molecule has 0 aliphatic carbocycles. The Morgan fingerprint density at radius 1 is 0.567 bits per heavy atom. The monoisotopic (exact) mass is 432 g/mol. The van der Waals surface area contributed by atoms with Crippen molar-refractivity contribution in [3.05, 3.63) is 20.2 Å². The van der Waals surface area contributed by atoms with Crippen molar-refractivity contribution in [1.82, 2.24) is 0 Å². The van der Waals surface area contributed by atoms with Gasteiger partial charge >= 0.3 is 0 Å². The summed E-state index contributed by atoms with van der Waals surface area (Å²) in [5.41, 5.74) is 0. The number of ether oxygens (including phenoxy) is 2. The van der Waals surface area contributed by atoms with Gasteiger partial charge in [-0.1, -0.05) is 25.7 Å². The third-order valence-electron chi connectivity index (χ3n) is 6.15. The molecule has 30 heavy (non-hydrogen) atoms. The smallest absolute Gasteiger partial charge is 0.294 e. The van der Waals surface area contributed by atoms with E-state index in [4.69, 9.17) is 19.1 Å². The Morgan fingerprint density at radius 2 is 0.967 bits per heavy atom. The fraction of sp³-hybridized carbons (Fsp3) is 1.00. The van der Waals surface area contributed by atoms with E-state index in [1.807, 2.05) is 0 Å². The topological polar surface area (TPSA) is 123 Å². The van der Waals surface area contributed by atoms with Gasteiger partial charge in [0.2, 0.25) is 0 Å². The average molecular weight is 433 g/mol. The maximum atomic E-state index is 11.3. The van der Waals surface area contributed by atoms with Crippen LogP contribution in [-0.4, -0.2) is 48.8 Å². The highest BCUT2D eigenvalue weighted by Gasteiger charge is 2.37. The first kappa shape index (κ1) is 24.6. The first-order valence-electron chi connectivity index (χ1n) is 11.4. The zero-order valence-corrected chi connectivity index (χ0v) is 17.8. The highest BCUT2D eigenvalue weighted by molar-refractivity contribution is 4.84. The Labute approximate surface area is 177 Å². The van der Waals surface area contributed by atoms with Crippen LogP contribution in [0.1, 0.15) is 77.0 Å². The van der Waals surface area contributed by atoms with Gasteiger partial charge in [0, 0.05) is 26.4 Å². The van der Waals surface area contributed by atoms with Crippen LogP contribution < -0.4 is 0 Å². The summed E-state index contributed by atoms with van der Waals surface area (Å²) in [6.07, 6.45) is 7.94. The molecular weight excluding hydrogens is 396 g/mol. The Balaban J connectivity index is 2.30. The van der Waals surface area contributed by atoms with Crippen molar-refractivity contribution >= 4 is 0 Å². The predicted molar refractivity (Wildman–Crippen MR) is 108 cm³/mol. The molecule has 2 aliphatic rings. The van der Waals surface area contributed by atoms with E-state index in [9.17, 15) is 20.2 Å². The predicted octanol–water partition coefficient (Wildman–Crippen LogP) is 4.11. The van der Waals surface area contributed by atoms with E-state index in [1.54, 1.807) is 0 Å². The maximum absolute atomic E-state index is 11.3. The molecular formula is C20H36N2O8. The van der Waals surface area contributed by atoms with Crippen LogP contribution in [0.3, 0.4) is 0 Å². The summed E-state index contributed by atoms with van der Waals surface area (Å²) >= 11 is 0. The largest absolute Gasteiger partial charge is 0.381 e. The van der Waals surface area contributed by atoms with Gasteiger partial charge in [0.1, 0.15) is 12.2 Å². The van der Waals surface area contributed by atoms with Crippen LogP contribution in [0.15, 0.2) is 0 Å². The van der Waals surface area contributed by atoms with Gasteiger partial charge in [-0.25, -0.2) is 0 Å². The van der Waals surface area contributed by atoms with Gasteiger partial charge in [-0.15, -0.1) is 20.2 Å². The van der Waals surface area contributed by atoms with Crippen molar-refractivity contribution in [2.45, 2.75) is 89.3 Å². The van der Waals surface area contributed by atoms with Crippen molar-refractivity contribution in [2.75, 3.05) is 26.4 Å². The summed E-state index contributed by atoms with van der Waals surface area (Å²) in [6, 6.07) is 0. The summed E-state index contributed by atoms with van der Waals surface area (Å²) in [5, 5.41) is 21.1. The minimum absolute atomic E-state index is 0.206. The van der Waals surface area contributed by atoms with E-state index in [1.165, 1.54) is 0 Å². The number of hydrogen-bond acceptors (Lipinski definition) is 8. The Bertz CT molecular complexity index is 463. The number of hydrogen-bond donors (Lipinski definition) is 0. The number of nitrogens with zero attached hydrogens (tertiary/aromatic N) is 2. The molecule has 2 fully saturated rings. The molecule has 0 aromatic rings. The Kier molecular flexibility index (Phi) is 11.8. The van der Waals surface area contributed by atoms with Crippen molar-refractivity contribution in [3.63, 3.8) is 0 Å². The SMILES string of the molecule is O=[N+]([O-])OC1CCCCCOCCCC2C(O[N+](=O)[O-])CCCCCOCCCC12. The number of fused-ring (bicyclic) bond motifs is 1. The second-order valence-corrected chi connectivity index (χ2v) is 8.27. The van der Waals surface area contributed by atoms with Gasteiger partial charge in [0.15, 0.2) is 0 Å². The molecule has 2 saturated heterocycles. The minimum atomic E-state index is -0.716. The molecule has 0 N–H and O–H groups in total. The zero-order valence-electron chi connectivity index (χ0n) is 17.8. The molecule has 174 valence electrons. The molecule has 4 unspecified atom stereocenters. The molecule has 0 amide bonds. The van der Waals surface area contributed by atoms with Crippen LogP contribution in [-0.2, 0) is 19.1 Å². The average Bonchev–Trinajstić information content (AvgIpc) is 2.67. The lowest BCUT2D eigenvalue weighted by Crippen LogP contribution is -2.40. The van der Waals surface area contributed by atoms with Crippen molar-refractivity contribution in [1.29, 1.82) is 0 Å². The molecule has 0 radical (unpaired) electrons. The van der Waals surface area contributed by atoms with Crippen LogP contribution in [0, 0.1) is 32.1 Å². The quantitative estimate of drug-likeness (QED) is 0.480. The van der Waals surface area contributed by atoms with E-state index in [0.717, 1.165) is 51.4 Å². The summed E-state index contributed by atoms with van der Waals surface area (Å²) < 4.78 is 11.4. The van der Waals surface area contributed by atoms with E-state index < -0.39 is 22.4 Å². The highest BCUT2D eigenvalue weighted by Crippen LogP contribution is 2.36. The van der Waals surface area contributed by atoms with Crippen molar-refractivity contribution < 1.29 is 29.3 Å². The fourth-order valence-corrected chi connectivity index (χ4v) is 4.76. The van der Waals surface area contributed by atoms with E-state index in [0.29, 0.717) is 52.1 Å². The van der Waals surface area contributed by atoms with Crippen LogP contribution in [0.2, 0.25) is 0 Å². The normalized spacial score (nSPS) is 30.8. The van der Waals surface area contributed by atoms with Gasteiger partial charge in [-0.3, -0.25) is 0 Å². The van der Waals surface area contributed by atoms with Crippen LogP contribution in [0.5, 0.6) is 0 Å². The molecule has 2 aliphatic heterocycles. The summed E-state index contributed by atoms with van der Waals surface area (Å²) in [7, 11) is 0. The van der Waals surface area contributed by atoms with E-state index >= 15 is 0 Å². The van der Waals surface area contributed by atoms with Crippen molar-refractivity contribution in [3.8, 4) is 0 Å². The van der Waals surface area contributed by atoms with Crippen LogP contribution in [0.25, 0.3) is 0 Å². The summed E-state index contributed by atoms with van der Waals surface area (Å²) in [5.74, 6) is -0.411. The molecule has 0 spiro atoms. The molecule has 4 atom stereocenters. The summed E-state index contributed by atoms with van der Waals surface area (Å²) in [4.78, 5) is 32.8. The molecule has 2 rings (SSSR count). The third kappa shape index (κ3) is 9.42. The first-order chi connectivity index (χ1) is 14.6. The fourth-order valence-electron chi connectivity index (χ4n) is 4.76. The first-order valence-corrected chi connectivity index (χ1v) is 11.4. The molecule has 10 heteroatoms. The molecule has 0 bridgehead atoms. The molecule has 0 aromatic heterocycles. The molecule has 2 heterocycles. The summed E-state index contributed by atoms with van der Waals surface area (Å²) in [6.45, 7) is 2.50. The second-order valence-electron chi connectivity index (χ2n) is 8.27. The Morgan fingerprint density at radius 3 is 1.37 bits per heavy atom. The van der Waals surface area contributed by atoms with Gasteiger partial charge < -0.3 is 19.1 Å². The van der Waals surface area contributed by atoms with Crippen LogP contribution in [0.4, 0.5) is 0 Å². The minimum Gasteiger partial charge on any atom is -0.381 e. The number of rotatable bonds is 4. The highest BCUT2D eigenvalue weighted by atomic mass is 17.0. The second kappa shape index (κ2) is 14.3. The Hall–Kier alpha value is -1.68. The van der Waals surface area contributed by atoms with E-state index in [-0.39, 0.29) is 11.8 Å². The molecule has 0 aromatic carbocycles.